The van der Waals surface area contributed by atoms with Gasteiger partial charge in [0.2, 0.25) is 5.91 Å². The van der Waals surface area contributed by atoms with Gasteiger partial charge in [-0.3, -0.25) is 4.79 Å². The molecule has 0 spiro atoms. The van der Waals surface area contributed by atoms with E-state index in [0.29, 0.717) is 12.1 Å². The van der Waals surface area contributed by atoms with Crippen molar-refractivity contribution in [1.29, 1.82) is 0 Å². The summed E-state index contributed by atoms with van der Waals surface area (Å²) in [4.78, 5) is 14.6. The number of carbonyl (C=O) groups is 1. The van der Waals surface area contributed by atoms with Crippen LogP contribution in [0.25, 0.3) is 0 Å². The maximum Gasteiger partial charge on any atom is 0.416 e. The van der Waals surface area contributed by atoms with Crippen LogP contribution in [0.2, 0.25) is 0 Å². The van der Waals surface area contributed by atoms with Gasteiger partial charge in [-0.25, -0.2) is 0 Å². The lowest BCUT2D eigenvalue weighted by molar-refractivity contribution is -0.137. The van der Waals surface area contributed by atoms with E-state index in [9.17, 15) is 18.0 Å². The molecule has 2 aliphatic rings. The van der Waals surface area contributed by atoms with Gasteiger partial charge in [-0.1, -0.05) is 12.1 Å². The fraction of sp³-hybridized carbons (Fsp3) is 0.588. The van der Waals surface area contributed by atoms with Crippen LogP contribution < -0.4 is 5.32 Å². The maximum absolute atomic E-state index is 12.9. The number of rotatable bonds is 4. The number of nitrogens with one attached hydrogen (secondary N) is 1. The minimum Gasteiger partial charge on any atom is -0.333 e. The molecule has 23 heavy (non-hydrogen) atoms. The van der Waals surface area contributed by atoms with E-state index < -0.39 is 11.7 Å². The molecule has 0 unspecified atom stereocenters. The smallest absolute Gasteiger partial charge is 0.333 e. The van der Waals surface area contributed by atoms with Crippen LogP contribution >= 0.6 is 0 Å². The molecule has 1 saturated heterocycles. The summed E-state index contributed by atoms with van der Waals surface area (Å²) >= 11 is 0. The quantitative estimate of drug-likeness (QED) is 0.920. The summed E-state index contributed by atoms with van der Waals surface area (Å²) in [5.41, 5.74) is -0.112. The van der Waals surface area contributed by atoms with Crippen molar-refractivity contribution in [2.45, 2.75) is 44.4 Å². The summed E-state index contributed by atoms with van der Waals surface area (Å²) in [5, 5.41) is 3.18. The van der Waals surface area contributed by atoms with E-state index in [1.54, 1.807) is 6.07 Å². The first-order valence-corrected chi connectivity index (χ1v) is 8.08. The van der Waals surface area contributed by atoms with Crippen molar-refractivity contribution >= 4 is 5.91 Å². The Morgan fingerprint density at radius 3 is 2.61 bits per heavy atom. The van der Waals surface area contributed by atoms with Crippen LogP contribution in [0.5, 0.6) is 0 Å². The molecule has 6 heteroatoms. The van der Waals surface area contributed by atoms with Crippen LogP contribution in [-0.4, -0.2) is 29.9 Å². The molecule has 2 atom stereocenters. The van der Waals surface area contributed by atoms with Crippen LogP contribution in [0.1, 0.15) is 43.4 Å². The Labute approximate surface area is 133 Å². The van der Waals surface area contributed by atoms with Crippen molar-refractivity contribution in [3.63, 3.8) is 0 Å². The van der Waals surface area contributed by atoms with Crippen molar-refractivity contribution in [3.8, 4) is 0 Å². The molecule has 3 rings (SSSR count). The van der Waals surface area contributed by atoms with Crippen molar-refractivity contribution in [3.05, 3.63) is 35.4 Å². The van der Waals surface area contributed by atoms with Gasteiger partial charge in [0.15, 0.2) is 0 Å². The van der Waals surface area contributed by atoms with E-state index >= 15 is 0 Å². The van der Waals surface area contributed by atoms with Gasteiger partial charge in [0, 0.05) is 12.6 Å². The second kappa shape index (κ2) is 6.15. The summed E-state index contributed by atoms with van der Waals surface area (Å²) in [6.45, 7) is 3.32. The Hall–Kier alpha value is -1.56. The van der Waals surface area contributed by atoms with E-state index in [1.807, 2.05) is 11.8 Å². The van der Waals surface area contributed by atoms with E-state index in [2.05, 4.69) is 5.32 Å². The van der Waals surface area contributed by atoms with Crippen molar-refractivity contribution in [2.24, 2.45) is 5.92 Å². The number of nitrogens with zero attached hydrogens (tertiary/aromatic N) is 1. The molecule has 1 N–H and O–H groups in total. The molecule has 1 heterocycles. The molecule has 0 radical (unpaired) electrons. The number of hydrogen-bond acceptors (Lipinski definition) is 2. The highest BCUT2D eigenvalue weighted by atomic mass is 19.4. The van der Waals surface area contributed by atoms with E-state index in [4.69, 9.17) is 0 Å². The lowest BCUT2D eigenvalue weighted by atomic mass is 10.0. The van der Waals surface area contributed by atoms with Gasteiger partial charge in [0.25, 0.3) is 0 Å². The predicted molar refractivity (Wildman–Crippen MR) is 80.7 cm³/mol. The largest absolute Gasteiger partial charge is 0.416 e. The maximum atomic E-state index is 12.9. The molecule has 1 aromatic rings. The lowest BCUT2D eigenvalue weighted by Crippen LogP contribution is -2.40. The first-order valence-electron chi connectivity index (χ1n) is 8.08. The zero-order chi connectivity index (χ0) is 16.6. The Morgan fingerprint density at radius 1 is 1.30 bits per heavy atom. The van der Waals surface area contributed by atoms with E-state index in [-0.39, 0.29) is 23.9 Å². The molecule has 2 fully saturated rings. The molecule has 1 amide bonds. The van der Waals surface area contributed by atoms with E-state index in [0.717, 1.165) is 31.9 Å². The molecule has 0 bridgehead atoms. The average molecular weight is 326 g/mol. The standard InChI is InChI=1S/C17H21F3N2O/c1-11(12-3-2-4-14(9-12)17(18,19)20)22(15-5-6-15)16(23)13-7-8-21-10-13/h2-4,9,11,13,15,21H,5-8,10H2,1H3/t11-,13+/m0/s1. The van der Waals surface area contributed by atoms with Crippen molar-refractivity contribution in [1.82, 2.24) is 10.2 Å². The number of carbonyl (C=O) groups excluding carboxylic acids is 1. The van der Waals surface area contributed by atoms with Gasteiger partial charge in [-0.05, 0) is 50.4 Å². The Kier molecular flexibility index (Phi) is 4.36. The van der Waals surface area contributed by atoms with Crippen molar-refractivity contribution < 1.29 is 18.0 Å². The third-order valence-corrected chi connectivity index (χ3v) is 4.72. The average Bonchev–Trinajstić information content (AvgIpc) is 3.18. The molecule has 0 aromatic heterocycles. The highest BCUT2D eigenvalue weighted by molar-refractivity contribution is 5.80. The first-order chi connectivity index (χ1) is 10.9. The van der Waals surface area contributed by atoms with Gasteiger partial charge in [-0.15, -0.1) is 0 Å². The third-order valence-electron chi connectivity index (χ3n) is 4.72. The molecule has 1 aliphatic carbocycles. The van der Waals surface area contributed by atoms with Crippen LogP contribution in [0.4, 0.5) is 13.2 Å². The number of hydrogen-bond donors (Lipinski definition) is 1. The van der Waals surface area contributed by atoms with Gasteiger partial charge in [0.05, 0.1) is 17.5 Å². The zero-order valence-electron chi connectivity index (χ0n) is 13.1. The van der Waals surface area contributed by atoms with Crippen LogP contribution in [0.15, 0.2) is 24.3 Å². The number of amides is 1. The molecule has 1 aliphatic heterocycles. The summed E-state index contributed by atoms with van der Waals surface area (Å²) in [6, 6.07) is 5.17. The monoisotopic (exact) mass is 326 g/mol. The highest BCUT2D eigenvalue weighted by Crippen LogP contribution is 2.38. The summed E-state index contributed by atoms with van der Waals surface area (Å²) in [5.74, 6) is 0.0197. The predicted octanol–water partition coefficient (Wildman–Crippen LogP) is 3.37. The van der Waals surface area contributed by atoms with Crippen LogP contribution in [0.3, 0.4) is 0 Å². The SMILES string of the molecule is C[C@@H](c1cccc(C(F)(F)F)c1)N(C(=O)[C@@H]1CCNC1)C1CC1. The lowest BCUT2D eigenvalue weighted by Gasteiger charge is -2.32. The fourth-order valence-corrected chi connectivity index (χ4v) is 3.25. The fourth-order valence-electron chi connectivity index (χ4n) is 3.25. The molecule has 126 valence electrons. The van der Waals surface area contributed by atoms with Gasteiger partial charge in [0.1, 0.15) is 0 Å². The Balaban J connectivity index is 1.84. The molecular weight excluding hydrogens is 305 g/mol. The summed E-state index contributed by atoms with van der Waals surface area (Å²) < 4.78 is 38.8. The van der Waals surface area contributed by atoms with Crippen LogP contribution in [0, 0.1) is 5.92 Å². The molecule has 3 nitrogen and oxygen atoms in total. The van der Waals surface area contributed by atoms with Crippen molar-refractivity contribution in [2.75, 3.05) is 13.1 Å². The Bertz CT molecular complexity index is 577. The second-order valence-corrected chi connectivity index (χ2v) is 6.47. The first kappa shape index (κ1) is 16.3. The number of alkyl halides is 3. The Morgan fingerprint density at radius 2 is 2.04 bits per heavy atom. The minimum absolute atomic E-state index is 0.0520. The van der Waals surface area contributed by atoms with Gasteiger partial charge < -0.3 is 10.2 Å². The second-order valence-electron chi connectivity index (χ2n) is 6.47. The zero-order valence-corrected chi connectivity index (χ0v) is 13.1. The third kappa shape index (κ3) is 3.52. The highest BCUT2D eigenvalue weighted by Gasteiger charge is 2.40. The number of halogens is 3. The normalized spacial score (nSPS) is 22.9. The summed E-state index contributed by atoms with van der Waals surface area (Å²) in [6.07, 6.45) is -1.68. The van der Waals surface area contributed by atoms with Gasteiger partial charge >= 0.3 is 6.18 Å². The van der Waals surface area contributed by atoms with Crippen LogP contribution in [-0.2, 0) is 11.0 Å². The van der Waals surface area contributed by atoms with Gasteiger partial charge in [-0.2, -0.15) is 13.2 Å². The minimum atomic E-state index is -4.36. The molecule has 1 aromatic carbocycles. The topological polar surface area (TPSA) is 32.3 Å². The molecular formula is C17H21F3N2O. The number of benzene rings is 1. The van der Waals surface area contributed by atoms with E-state index in [1.165, 1.54) is 12.1 Å². The summed E-state index contributed by atoms with van der Waals surface area (Å²) in [7, 11) is 0. The molecule has 1 saturated carbocycles.